The van der Waals surface area contributed by atoms with Gasteiger partial charge < -0.3 is 34.6 Å². The minimum Gasteiger partial charge on any atom is -0.479 e. The zero-order valence-corrected chi connectivity index (χ0v) is 12.7. The number of rotatable bonds is 5. The SMILES string of the molecule is COCc1ccc(OC2OC(C(=O)O)C(O)C(O)C2O)c(C)c1. The second-order valence-electron chi connectivity index (χ2n) is 5.39. The van der Waals surface area contributed by atoms with Crippen LogP contribution in [0.1, 0.15) is 11.1 Å². The average Bonchev–Trinajstić information content (AvgIpc) is 2.50. The van der Waals surface area contributed by atoms with Gasteiger partial charge in [-0.25, -0.2) is 4.79 Å². The number of carboxylic acids is 1. The molecule has 1 aliphatic heterocycles. The first-order valence-electron chi connectivity index (χ1n) is 7.02. The zero-order chi connectivity index (χ0) is 17.1. The first-order valence-corrected chi connectivity index (χ1v) is 7.02. The van der Waals surface area contributed by atoms with Crippen LogP contribution in [0.4, 0.5) is 0 Å². The molecule has 4 N–H and O–H groups in total. The van der Waals surface area contributed by atoms with Crippen LogP contribution in [0.3, 0.4) is 0 Å². The maximum absolute atomic E-state index is 11.1. The number of carbonyl (C=O) groups is 1. The molecule has 5 atom stereocenters. The summed E-state index contributed by atoms with van der Waals surface area (Å²) >= 11 is 0. The van der Waals surface area contributed by atoms with Crippen LogP contribution in [0, 0.1) is 6.92 Å². The summed E-state index contributed by atoms with van der Waals surface area (Å²) in [6, 6.07) is 5.20. The molecule has 128 valence electrons. The molecule has 1 fully saturated rings. The minimum atomic E-state index is -1.74. The molecule has 23 heavy (non-hydrogen) atoms. The molecule has 0 aliphatic carbocycles. The number of aliphatic hydroxyl groups excluding tert-OH is 3. The van der Waals surface area contributed by atoms with Crippen LogP contribution in [0.25, 0.3) is 0 Å². The summed E-state index contributed by atoms with van der Waals surface area (Å²) in [5.41, 5.74) is 1.64. The van der Waals surface area contributed by atoms with Gasteiger partial charge in [0.2, 0.25) is 6.29 Å². The standard InChI is InChI=1S/C15H20O8/c1-7-5-8(6-21-2)3-4-9(7)22-15-12(18)10(16)11(17)13(23-15)14(19)20/h3-5,10-13,15-18H,6H2,1-2H3,(H,19,20). The number of benzene rings is 1. The number of methoxy groups -OCH3 is 1. The van der Waals surface area contributed by atoms with Crippen LogP contribution in [-0.4, -0.2) is 64.2 Å². The van der Waals surface area contributed by atoms with Crippen molar-refractivity contribution in [3.63, 3.8) is 0 Å². The van der Waals surface area contributed by atoms with Gasteiger partial charge in [-0.2, -0.15) is 0 Å². The lowest BCUT2D eigenvalue weighted by Gasteiger charge is -2.38. The monoisotopic (exact) mass is 328 g/mol. The molecule has 1 heterocycles. The molecule has 0 saturated carbocycles. The van der Waals surface area contributed by atoms with Crippen molar-refractivity contribution in [2.45, 2.75) is 44.2 Å². The van der Waals surface area contributed by atoms with Gasteiger partial charge in [0, 0.05) is 7.11 Å². The van der Waals surface area contributed by atoms with Crippen molar-refractivity contribution in [2.24, 2.45) is 0 Å². The van der Waals surface area contributed by atoms with Crippen LogP contribution in [0.5, 0.6) is 5.75 Å². The lowest BCUT2D eigenvalue weighted by Crippen LogP contribution is -2.61. The predicted octanol–water partition coefficient (Wildman–Crippen LogP) is -0.588. The Morgan fingerprint density at radius 3 is 2.48 bits per heavy atom. The number of carboxylic acid groups (broad SMARTS) is 1. The Hall–Kier alpha value is -1.71. The Bertz CT molecular complexity index is 560. The fourth-order valence-electron chi connectivity index (χ4n) is 2.37. The number of aryl methyl sites for hydroxylation is 1. The summed E-state index contributed by atoms with van der Waals surface area (Å²) in [5.74, 6) is -1.09. The van der Waals surface area contributed by atoms with Crippen molar-refractivity contribution in [1.29, 1.82) is 0 Å². The smallest absolute Gasteiger partial charge is 0.335 e. The van der Waals surface area contributed by atoms with Gasteiger partial charge in [0.25, 0.3) is 0 Å². The molecule has 1 aromatic carbocycles. The van der Waals surface area contributed by atoms with Gasteiger partial charge in [0.05, 0.1) is 6.61 Å². The van der Waals surface area contributed by atoms with Gasteiger partial charge in [-0.05, 0) is 24.1 Å². The number of hydrogen-bond donors (Lipinski definition) is 4. The van der Waals surface area contributed by atoms with Crippen LogP contribution in [0.2, 0.25) is 0 Å². The van der Waals surface area contributed by atoms with Gasteiger partial charge in [0.1, 0.15) is 24.1 Å². The van der Waals surface area contributed by atoms with Crippen molar-refractivity contribution < 1.29 is 39.4 Å². The normalized spacial score (nSPS) is 30.9. The molecule has 0 spiro atoms. The summed E-state index contributed by atoms with van der Waals surface area (Å²) < 4.78 is 15.6. The van der Waals surface area contributed by atoms with Gasteiger partial charge in [-0.15, -0.1) is 0 Å². The van der Waals surface area contributed by atoms with E-state index in [1.165, 1.54) is 0 Å². The highest BCUT2D eigenvalue weighted by Crippen LogP contribution is 2.27. The summed E-state index contributed by atoms with van der Waals surface area (Å²) in [6.07, 6.45) is -8.12. The average molecular weight is 328 g/mol. The van der Waals surface area contributed by atoms with E-state index in [1.54, 1.807) is 26.2 Å². The van der Waals surface area contributed by atoms with E-state index in [1.807, 2.05) is 6.07 Å². The van der Waals surface area contributed by atoms with Crippen LogP contribution < -0.4 is 4.74 Å². The third-order valence-electron chi connectivity index (χ3n) is 3.61. The molecule has 8 heteroatoms. The third kappa shape index (κ3) is 3.80. The Balaban J connectivity index is 2.16. The van der Waals surface area contributed by atoms with Gasteiger partial charge in [-0.3, -0.25) is 0 Å². The molecular formula is C15H20O8. The molecule has 0 bridgehead atoms. The fraction of sp³-hybridized carbons (Fsp3) is 0.533. The molecule has 1 saturated heterocycles. The lowest BCUT2D eigenvalue weighted by molar-refractivity contribution is -0.271. The highest BCUT2D eigenvalue weighted by Gasteiger charge is 2.48. The molecular weight excluding hydrogens is 308 g/mol. The van der Waals surface area contributed by atoms with Crippen molar-refractivity contribution in [1.82, 2.24) is 0 Å². The van der Waals surface area contributed by atoms with Crippen LogP contribution in [-0.2, 0) is 20.9 Å². The third-order valence-corrected chi connectivity index (χ3v) is 3.61. The number of aliphatic hydroxyl groups is 3. The second kappa shape index (κ2) is 7.24. The van der Waals surface area contributed by atoms with Gasteiger partial charge in [-0.1, -0.05) is 12.1 Å². The summed E-state index contributed by atoms with van der Waals surface area (Å²) in [5, 5.41) is 38.3. The van der Waals surface area contributed by atoms with E-state index in [4.69, 9.17) is 19.3 Å². The Kier molecular flexibility index (Phi) is 5.55. The molecule has 8 nitrogen and oxygen atoms in total. The molecule has 1 aliphatic rings. The topological polar surface area (TPSA) is 126 Å². The van der Waals surface area contributed by atoms with Crippen molar-refractivity contribution in [2.75, 3.05) is 7.11 Å². The largest absolute Gasteiger partial charge is 0.479 e. The maximum atomic E-state index is 11.1. The van der Waals surface area contributed by atoms with E-state index in [2.05, 4.69) is 0 Å². The Labute approximate surface area is 132 Å². The van der Waals surface area contributed by atoms with Crippen molar-refractivity contribution in [3.05, 3.63) is 29.3 Å². The Morgan fingerprint density at radius 1 is 1.22 bits per heavy atom. The Morgan fingerprint density at radius 2 is 1.91 bits per heavy atom. The molecule has 2 rings (SSSR count). The highest BCUT2D eigenvalue weighted by atomic mass is 16.7. The van der Waals surface area contributed by atoms with E-state index >= 15 is 0 Å². The highest BCUT2D eigenvalue weighted by molar-refractivity contribution is 5.73. The zero-order valence-electron chi connectivity index (χ0n) is 12.7. The second-order valence-corrected chi connectivity index (χ2v) is 5.39. The molecule has 0 radical (unpaired) electrons. The van der Waals surface area contributed by atoms with Crippen LogP contribution >= 0.6 is 0 Å². The van der Waals surface area contributed by atoms with E-state index < -0.39 is 36.7 Å². The number of aliphatic carboxylic acids is 1. The molecule has 5 unspecified atom stereocenters. The predicted molar refractivity (Wildman–Crippen MR) is 76.8 cm³/mol. The first kappa shape index (κ1) is 17.6. The lowest BCUT2D eigenvalue weighted by atomic mass is 9.99. The summed E-state index contributed by atoms with van der Waals surface area (Å²) in [4.78, 5) is 11.1. The molecule has 0 aromatic heterocycles. The fourth-order valence-corrected chi connectivity index (χ4v) is 2.37. The van der Waals surface area contributed by atoms with Gasteiger partial charge in [0.15, 0.2) is 6.10 Å². The van der Waals surface area contributed by atoms with E-state index in [0.29, 0.717) is 12.4 Å². The molecule has 1 aromatic rings. The number of hydrogen-bond acceptors (Lipinski definition) is 7. The summed E-state index contributed by atoms with van der Waals surface area (Å²) in [6.45, 7) is 2.19. The van der Waals surface area contributed by atoms with E-state index in [0.717, 1.165) is 11.1 Å². The van der Waals surface area contributed by atoms with E-state index in [9.17, 15) is 20.1 Å². The quantitative estimate of drug-likeness (QED) is 0.565. The molecule has 0 amide bonds. The van der Waals surface area contributed by atoms with Crippen LogP contribution in [0.15, 0.2) is 18.2 Å². The van der Waals surface area contributed by atoms with Crippen molar-refractivity contribution >= 4 is 5.97 Å². The minimum absolute atomic E-state index is 0.363. The maximum Gasteiger partial charge on any atom is 0.335 e. The first-order chi connectivity index (χ1) is 10.8. The van der Waals surface area contributed by atoms with Crippen molar-refractivity contribution in [3.8, 4) is 5.75 Å². The van der Waals surface area contributed by atoms with Gasteiger partial charge >= 0.3 is 5.97 Å². The number of ether oxygens (including phenoxy) is 3. The van der Waals surface area contributed by atoms with E-state index in [-0.39, 0.29) is 0 Å². The summed E-state index contributed by atoms with van der Waals surface area (Å²) in [7, 11) is 1.57.